The number of carbonyl (C=O) groups is 1. The summed E-state index contributed by atoms with van der Waals surface area (Å²) in [6, 6.07) is 7.32. The molecule has 32 heavy (non-hydrogen) atoms. The van der Waals surface area contributed by atoms with Crippen molar-refractivity contribution in [3.05, 3.63) is 24.3 Å². The Bertz CT molecular complexity index is 699. The summed E-state index contributed by atoms with van der Waals surface area (Å²) in [5.74, 6) is 2.18. The summed E-state index contributed by atoms with van der Waals surface area (Å²) in [5.41, 5.74) is 0. The van der Waals surface area contributed by atoms with Crippen molar-refractivity contribution in [3.8, 4) is 11.5 Å². The van der Waals surface area contributed by atoms with E-state index in [4.69, 9.17) is 23.7 Å². The lowest BCUT2D eigenvalue weighted by molar-refractivity contribution is -0.163. The Morgan fingerprint density at radius 1 is 0.938 bits per heavy atom. The zero-order valence-electron chi connectivity index (χ0n) is 19.3. The monoisotopic (exact) mass is 446 g/mol. The van der Waals surface area contributed by atoms with Gasteiger partial charge in [0.25, 0.3) is 0 Å². The van der Waals surface area contributed by atoms with Gasteiger partial charge >= 0.3 is 5.97 Å². The van der Waals surface area contributed by atoms with Crippen molar-refractivity contribution >= 4 is 5.97 Å². The van der Waals surface area contributed by atoms with Gasteiger partial charge in [-0.1, -0.05) is 13.3 Å². The highest BCUT2D eigenvalue weighted by Gasteiger charge is 2.49. The van der Waals surface area contributed by atoms with Crippen LogP contribution < -0.4 is 9.47 Å². The predicted octanol–water partition coefficient (Wildman–Crippen LogP) is 5.14. The number of unbranched alkanes of at least 4 members (excludes halogenated alkanes) is 1. The second kappa shape index (κ2) is 12.0. The van der Waals surface area contributed by atoms with Crippen molar-refractivity contribution in [1.29, 1.82) is 0 Å². The highest BCUT2D eigenvalue weighted by Crippen LogP contribution is 2.50. The Balaban J connectivity index is 1.12. The standard InChI is InChI=1S/C26H38O6/c1-2-3-12-29-24-18-19-16-20(24)17-23(19)26(27)32-22-10-8-21(9-11-22)28-14-6-15-31-25-7-4-5-13-30-25/h8-11,19-20,23-25H,2-7,12-18H2,1H3. The SMILES string of the molecule is CCCCOC1CC2CC1CC2C(=O)Oc1ccc(OCCCOC2CCCCO2)cc1. The molecule has 1 heterocycles. The highest BCUT2D eigenvalue weighted by molar-refractivity contribution is 5.76. The van der Waals surface area contributed by atoms with Gasteiger partial charge < -0.3 is 23.7 Å². The van der Waals surface area contributed by atoms with Crippen LogP contribution in [-0.4, -0.2) is 44.8 Å². The summed E-state index contributed by atoms with van der Waals surface area (Å²) in [4.78, 5) is 12.7. The molecule has 6 heteroatoms. The smallest absolute Gasteiger partial charge is 0.314 e. The first-order chi connectivity index (χ1) is 15.7. The third-order valence-corrected chi connectivity index (χ3v) is 6.97. The van der Waals surface area contributed by atoms with Crippen LogP contribution in [0.15, 0.2) is 24.3 Å². The molecule has 0 spiro atoms. The van der Waals surface area contributed by atoms with Crippen molar-refractivity contribution in [3.63, 3.8) is 0 Å². The van der Waals surface area contributed by atoms with Crippen LogP contribution in [-0.2, 0) is 19.0 Å². The molecule has 2 bridgehead atoms. The van der Waals surface area contributed by atoms with Crippen LogP contribution in [0, 0.1) is 17.8 Å². The number of carbonyl (C=O) groups excluding carboxylic acids is 1. The summed E-state index contributed by atoms with van der Waals surface area (Å²) in [6.07, 6.45) is 9.65. The molecule has 1 aliphatic heterocycles. The molecule has 1 saturated heterocycles. The van der Waals surface area contributed by atoms with Gasteiger partial charge in [-0.05, 0) is 81.0 Å². The van der Waals surface area contributed by atoms with Gasteiger partial charge in [-0.25, -0.2) is 0 Å². The number of esters is 1. The lowest BCUT2D eigenvalue weighted by atomic mass is 9.87. The first kappa shape index (κ1) is 23.5. The quantitative estimate of drug-likeness (QED) is 0.252. The van der Waals surface area contributed by atoms with Gasteiger partial charge in [0.15, 0.2) is 6.29 Å². The van der Waals surface area contributed by atoms with Crippen LogP contribution in [0.5, 0.6) is 11.5 Å². The largest absolute Gasteiger partial charge is 0.494 e. The lowest BCUT2D eigenvalue weighted by Gasteiger charge is -2.26. The molecule has 6 nitrogen and oxygen atoms in total. The second-order valence-electron chi connectivity index (χ2n) is 9.36. The maximum Gasteiger partial charge on any atom is 0.314 e. The van der Waals surface area contributed by atoms with Gasteiger partial charge in [0, 0.05) is 19.6 Å². The Labute approximate surface area is 191 Å². The second-order valence-corrected chi connectivity index (χ2v) is 9.36. The third kappa shape index (κ3) is 6.46. The van der Waals surface area contributed by atoms with E-state index in [1.165, 1.54) is 6.42 Å². The van der Waals surface area contributed by atoms with E-state index in [1.807, 2.05) is 24.3 Å². The summed E-state index contributed by atoms with van der Waals surface area (Å²) in [6.45, 7) is 5.04. The Morgan fingerprint density at radius 2 is 1.75 bits per heavy atom. The molecule has 0 N–H and O–H groups in total. The minimum Gasteiger partial charge on any atom is -0.494 e. The van der Waals surface area contributed by atoms with E-state index in [0.717, 1.165) is 70.3 Å². The van der Waals surface area contributed by atoms with Crippen molar-refractivity contribution in [2.45, 2.75) is 77.1 Å². The molecule has 2 saturated carbocycles. The fourth-order valence-corrected chi connectivity index (χ4v) is 5.20. The molecule has 2 aliphatic carbocycles. The van der Waals surface area contributed by atoms with Gasteiger partial charge in [-0.3, -0.25) is 4.79 Å². The molecule has 1 aromatic rings. The van der Waals surface area contributed by atoms with E-state index in [2.05, 4.69) is 6.92 Å². The van der Waals surface area contributed by atoms with Crippen LogP contribution in [0.4, 0.5) is 0 Å². The molecule has 4 rings (SSSR count). The molecule has 3 fully saturated rings. The van der Waals surface area contributed by atoms with E-state index in [-0.39, 0.29) is 18.2 Å². The van der Waals surface area contributed by atoms with Crippen molar-refractivity contribution in [2.75, 3.05) is 26.4 Å². The third-order valence-electron chi connectivity index (χ3n) is 6.97. The molecular weight excluding hydrogens is 408 g/mol. The molecular formula is C26H38O6. The number of ether oxygens (including phenoxy) is 5. The van der Waals surface area contributed by atoms with Crippen molar-refractivity contribution in [2.24, 2.45) is 17.8 Å². The molecule has 3 aliphatic rings. The zero-order valence-corrected chi connectivity index (χ0v) is 19.3. The number of hydrogen-bond acceptors (Lipinski definition) is 6. The Morgan fingerprint density at radius 3 is 2.47 bits per heavy atom. The topological polar surface area (TPSA) is 63.2 Å². The molecule has 5 atom stereocenters. The summed E-state index contributed by atoms with van der Waals surface area (Å²) in [5, 5.41) is 0. The maximum absolute atomic E-state index is 12.7. The molecule has 1 aromatic carbocycles. The van der Waals surface area contributed by atoms with E-state index in [1.54, 1.807) is 0 Å². The van der Waals surface area contributed by atoms with Crippen LogP contribution in [0.25, 0.3) is 0 Å². The molecule has 0 aromatic heterocycles. The molecule has 0 amide bonds. The van der Waals surface area contributed by atoms with Gasteiger partial charge in [-0.15, -0.1) is 0 Å². The normalized spacial score (nSPS) is 29.2. The highest BCUT2D eigenvalue weighted by atomic mass is 16.7. The summed E-state index contributed by atoms with van der Waals surface area (Å²) >= 11 is 0. The fraction of sp³-hybridized carbons (Fsp3) is 0.731. The van der Waals surface area contributed by atoms with Crippen LogP contribution in [0.2, 0.25) is 0 Å². The van der Waals surface area contributed by atoms with Gasteiger partial charge in [-0.2, -0.15) is 0 Å². The molecule has 5 unspecified atom stereocenters. The zero-order chi connectivity index (χ0) is 22.2. The Hall–Kier alpha value is -1.63. The minimum absolute atomic E-state index is 0.00935. The minimum atomic E-state index is -0.0970. The number of hydrogen-bond donors (Lipinski definition) is 0. The summed E-state index contributed by atoms with van der Waals surface area (Å²) < 4.78 is 28.8. The van der Waals surface area contributed by atoms with E-state index >= 15 is 0 Å². The van der Waals surface area contributed by atoms with Crippen LogP contribution in [0.1, 0.15) is 64.7 Å². The fourth-order valence-electron chi connectivity index (χ4n) is 5.20. The van der Waals surface area contributed by atoms with Gasteiger partial charge in [0.1, 0.15) is 11.5 Å². The van der Waals surface area contributed by atoms with Gasteiger partial charge in [0.2, 0.25) is 0 Å². The maximum atomic E-state index is 12.7. The first-order valence-electron chi connectivity index (χ1n) is 12.5. The summed E-state index contributed by atoms with van der Waals surface area (Å²) in [7, 11) is 0. The average molecular weight is 447 g/mol. The Kier molecular flexibility index (Phi) is 8.83. The van der Waals surface area contributed by atoms with Gasteiger partial charge in [0.05, 0.1) is 25.2 Å². The molecule has 178 valence electrons. The van der Waals surface area contributed by atoms with E-state index in [0.29, 0.717) is 36.9 Å². The average Bonchev–Trinajstić information content (AvgIpc) is 3.42. The number of fused-ring (bicyclic) bond motifs is 2. The number of benzene rings is 1. The van der Waals surface area contributed by atoms with E-state index in [9.17, 15) is 4.79 Å². The molecule has 0 radical (unpaired) electrons. The lowest BCUT2D eigenvalue weighted by Crippen LogP contribution is -2.31. The predicted molar refractivity (Wildman–Crippen MR) is 121 cm³/mol. The van der Waals surface area contributed by atoms with E-state index < -0.39 is 0 Å². The van der Waals surface area contributed by atoms with Crippen molar-refractivity contribution in [1.82, 2.24) is 0 Å². The van der Waals surface area contributed by atoms with Crippen LogP contribution in [0.3, 0.4) is 0 Å². The first-order valence-corrected chi connectivity index (χ1v) is 12.5. The van der Waals surface area contributed by atoms with Crippen LogP contribution >= 0.6 is 0 Å². The van der Waals surface area contributed by atoms with Crippen molar-refractivity contribution < 1.29 is 28.5 Å². The number of rotatable bonds is 12.